The summed E-state index contributed by atoms with van der Waals surface area (Å²) >= 11 is 0. The number of nitrogens with two attached hydrogens (primary N) is 1. The van der Waals surface area contributed by atoms with E-state index in [1.165, 1.54) is 14.2 Å². The van der Waals surface area contributed by atoms with Crippen LogP contribution in [-0.4, -0.2) is 69.2 Å². The predicted octanol–water partition coefficient (Wildman–Crippen LogP) is 7.71. The molecule has 0 fully saturated rings. The first kappa shape index (κ1) is 39.8. The van der Waals surface area contributed by atoms with Crippen molar-refractivity contribution in [1.29, 1.82) is 0 Å². The molecule has 0 radical (unpaired) electrons. The molecule has 0 saturated carbocycles. The van der Waals surface area contributed by atoms with Gasteiger partial charge in [0, 0.05) is 41.9 Å². The van der Waals surface area contributed by atoms with E-state index in [1.54, 1.807) is 77.4 Å². The van der Waals surface area contributed by atoms with Gasteiger partial charge < -0.3 is 34.6 Å². The second-order valence-electron chi connectivity index (χ2n) is 11.9. The maximum absolute atomic E-state index is 14.1. The lowest BCUT2D eigenvalue weighted by Gasteiger charge is -2.17. The minimum Gasteiger partial charge on any atom is -0.497 e. The van der Waals surface area contributed by atoms with Gasteiger partial charge in [-0.1, -0.05) is 36.4 Å². The summed E-state index contributed by atoms with van der Waals surface area (Å²) in [6.07, 6.45) is -10.2. The number of hydrogen-bond acceptors (Lipinski definition) is 7. The second kappa shape index (κ2) is 17.6. The Kier molecular flexibility index (Phi) is 13.0. The Labute approximate surface area is 307 Å². The van der Waals surface area contributed by atoms with E-state index in [9.17, 15) is 31.1 Å². The molecule has 54 heavy (non-hydrogen) atoms. The molecular weight excluding hydrogens is 718 g/mol. The van der Waals surface area contributed by atoms with Gasteiger partial charge in [-0.2, -0.15) is 26.3 Å². The van der Waals surface area contributed by atoms with E-state index in [4.69, 9.17) is 29.7 Å². The highest BCUT2D eigenvalue weighted by Gasteiger charge is 2.38. The first-order chi connectivity index (χ1) is 25.8. The van der Waals surface area contributed by atoms with E-state index in [1.807, 2.05) is 0 Å². The number of amides is 1. The number of alkyl halides is 6. The van der Waals surface area contributed by atoms with Crippen LogP contribution in [0, 0.1) is 0 Å². The summed E-state index contributed by atoms with van der Waals surface area (Å²) in [6, 6.07) is 21.4. The highest BCUT2D eigenvalue weighted by atomic mass is 19.4. The number of carbonyl (C=O) groups excluding carboxylic acids is 1. The van der Waals surface area contributed by atoms with E-state index in [2.05, 4.69) is 5.32 Å². The van der Waals surface area contributed by atoms with Crippen molar-refractivity contribution in [2.75, 3.05) is 53.7 Å². The van der Waals surface area contributed by atoms with Gasteiger partial charge in [0.15, 0.2) is 0 Å². The zero-order chi connectivity index (χ0) is 38.9. The van der Waals surface area contributed by atoms with Crippen LogP contribution in [0.2, 0.25) is 0 Å². The number of nitrogens with zero attached hydrogens (tertiary/aromatic N) is 2. The summed E-state index contributed by atoms with van der Waals surface area (Å²) in [4.78, 5) is 17.6. The molecule has 1 amide bonds. The second-order valence-corrected chi connectivity index (χ2v) is 11.9. The van der Waals surface area contributed by atoms with Gasteiger partial charge in [0.05, 0.1) is 63.2 Å². The number of imidazole rings is 1. The van der Waals surface area contributed by atoms with Crippen molar-refractivity contribution in [3.8, 4) is 45.4 Å². The van der Waals surface area contributed by atoms with E-state index >= 15 is 0 Å². The molecule has 0 aliphatic carbocycles. The van der Waals surface area contributed by atoms with Crippen molar-refractivity contribution < 1.29 is 50.1 Å². The Bertz CT molecular complexity index is 2000. The van der Waals surface area contributed by atoms with Gasteiger partial charge in [-0.15, -0.1) is 0 Å². The third kappa shape index (κ3) is 9.98. The highest BCUT2D eigenvalue weighted by Crippen LogP contribution is 2.42. The summed E-state index contributed by atoms with van der Waals surface area (Å²) < 4.78 is 108. The topological polar surface area (TPSA) is 110 Å². The molecule has 4 aromatic carbocycles. The number of halogens is 6. The number of aromatic nitrogens is 2. The first-order valence-corrected chi connectivity index (χ1v) is 16.7. The zero-order valence-corrected chi connectivity index (χ0v) is 29.4. The fourth-order valence-electron chi connectivity index (χ4n) is 5.63. The Balaban J connectivity index is 1.60. The molecule has 0 atom stereocenters. The summed E-state index contributed by atoms with van der Waals surface area (Å²) in [5, 5.41) is 2.76. The van der Waals surface area contributed by atoms with Crippen molar-refractivity contribution in [3.63, 3.8) is 0 Å². The Morgan fingerprint density at radius 3 is 1.87 bits per heavy atom. The summed E-state index contributed by atoms with van der Waals surface area (Å²) in [6.45, 7) is 1.99. The molecule has 1 aromatic heterocycles. The van der Waals surface area contributed by atoms with Crippen molar-refractivity contribution in [2.45, 2.75) is 18.9 Å². The average Bonchev–Trinajstić information content (AvgIpc) is 3.54. The molecule has 1 heterocycles. The molecule has 3 N–H and O–H groups in total. The molecule has 0 aliphatic heterocycles. The first-order valence-electron chi connectivity index (χ1n) is 16.7. The van der Waals surface area contributed by atoms with Gasteiger partial charge in [-0.3, -0.25) is 4.79 Å². The van der Waals surface area contributed by atoms with Gasteiger partial charge >= 0.3 is 12.4 Å². The van der Waals surface area contributed by atoms with Crippen molar-refractivity contribution in [2.24, 2.45) is 5.73 Å². The van der Waals surface area contributed by atoms with Crippen LogP contribution in [0.5, 0.6) is 11.5 Å². The normalized spacial score (nSPS) is 11.8. The van der Waals surface area contributed by atoms with Crippen LogP contribution in [0.1, 0.15) is 27.0 Å². The van der Waals surface area contributed by atoms with Crippen LogP contribution in [0.25, 0.3) is 33.9 Å². The van der Waals surface area contributed by atoms with E-state index in [-0.39, 0.29) is 43.2 Å². The molecule has 0 bridgehead atoms. The number of carbonyl (C=O) groups is 1. The summed E-state index contributed by atoms with van der Waals surface area (Å²) in [7, 11) is 2.93. The van der Waals surface area contributed by atoms with Crippen molar-refractivity contribution in [3.05, 3.63) is 113 Å². The molecular formula is C39H38F6N4O5. The van der Waals surface area contributed by atoms with Crippen LogP contribution in [0.4, 0.5) is 26.3 Å². The average molecular weight is 757 g/mol. The van der Waals surface area contributed by atoms with Crippen molar-refractivity contribution >= 4 is 5.91 Å². The number of nitrogens with one attached hydrogen (secondary N) is 1. The van der Waals surface area contributed by atoms with Crippen LogP contribution >= 0.6 is 0 Å². The number of ether oxygens (including phenoxy) is 4. The molecule has 15 heteroatoms. The third-order valence-electron chi connectivity index (χ3n) is 8.22. The SMILES string of the molecule is COc1cccc(-c2nc(-c3cc(C(F)(F)F)cc(C(F)(F)F)c3)n(Cc3ccc(C(=O)NCCOCCOCCN)cc3)c2-c2cccc(OC)c2)c1. The number of methoxy groups -OCH3 is 2. The van der Waals surface area contributed by atoms with Crippen LogP contribution in [0.15, 0.2) is 91.0 Å². The van der Waals surface area contributed by atoms with E-state index in [0.29, 0.717) is 77.9 Å². The molecule has 0 spiro atoms. The molecule has 5 aromatic rings. The van der Waals surface area contributed by atoms with Crippen molar-refractivity contribution in [1.82, 2.24) is 14.9 Å². The van der Waals surface area contributed by atoms with Crippen LogP contribution in [-0.2, 0) is 28.4 Å². The minimum absolute atomic E-state index is 0.0571. The van der Waals surface area contributed by atoms with Gasteiger partial charge in [-0.25, -0.2) is 4.98 Å². The predicted molar refractivity (Wildman–Crippen MR) is 190 cm³/mol. The summed E-state index contributed by atoms with van der Waals surface area (Å²) in [5.74, 6) is 0.388. The smallest absolute Gasteiger partial charge is 0.416 e. The van der Waals surface area contributed by atoms with Crippen LogP contribution in [0.3, 0.4) is 0 Å². The maximum Gasteiger partial charge on any atom is 0.416 e. The zero-order valence-electron chi connectivity index (χ0n) is 29.4. The van der Waals surface area contributed by atoms with Gasteiger partial charge in [-0.05, 0) is 60.2 Å². The minimum atomic E-state index is -5.08. The molecule has 0 unspecified atom stereocenters. The number of hydrogen-bond donors (Lipinski definition) is 2. The van der Waals surface area contributed by atoms with E-state index < -0.39 is 29.0 Å². The van der Waals surface area contributed by atoms with Gasteiger partial charge in [0.2, 0.25) is 0 Å². The lowest BCUT2D eigenvalue weighted by molar-refractivity contribution is -0.143. The van der Waals surface area contributed by atoms with Gasteiger partial charge in [0.1, 0.15) is 17.3 Å². The van der Waals surface area contributed by atoms with Gasteiger partial charge in [0.25, 0.3) is 5.91 Å². The fraction of sp³-hybridized carbons (Fsp3) is 0.282. The molecule has 286 valence electrons. The molecule has 0 aliphatic rings. The van der Waals surface area contributed by atoms with E-state index in [0.717, 1.165) is 0 Å². The monoisotopic (exact) mass is 756 g/mol. The number of benzene rings is 4. The molecule has 9 nitrogen and oxygen atoms in total. The summed E-state index contributed by atoms with van der Waals surface area (Å²) in [5.41, 5.74) is 4.60. The molecule has 5 rings (SSSR count). The number of rotatable bonds is 16. The lowest BCUT2D eigenvalue weighted by Crippen LogP contribution is -2.27. The lowest BCUT2D eigenvalue weighted by atomic mass is 10.0. The largest absolute Gasteiger partial charge is 0.497 e. The molecule has 0 saturated heterocycles. The Morgan fingerprint density at radius 1 is 0.722 bits per heavy atom. The quantitative estimate of drug-likeness (QED) is 0.0785. The standard InChI is InChI=1S/C39H38F6N4O5/c1-51-32-7-3-5-27(21-32)34-35(28-6-4-8-33(22-28)52-2)49(36(48-34)29-19-30(38(40,41)42)23-31(20-29)39(43,44)45)24-25-9-11-26(12-10-25)37(50)47-14-16-54-18-17-53-15-13-46/h3-12,19-23H,13-18,24,46H2,1-2H3,(H,47,50). The van der Waals surface area contributed by atoms with Crippen LogP contribution < -0.4 is 20.5 Å². The Hall–Kier alpha value is -5.38. The third-order valence-corrected chi connectivity index (χ3v) is 8.22. The highest BCUT2D eigenvalue weighted by molar-refractivity contribution is 5.94. The maximum atomic E-state index is 14.1. The fourth-order valence-corrected chi connectivity index (χ4v) is 5.63. The Morgan fingerprint density at radius 2 is 1.30 bits per heavy atom.